The molecule has 1 rings (SSSR count). The lowest BCUT2D eigenvalue weighted by molar-refractivity contribution is -0.831. The lowest BCUT2D eigenvalue weighted by Crippen LogP contribution is -2.45. The number of alkyl halides is 1. The second-order valence-corrected chi connectivity index (χ2v) is 8.68. The molecule has 0 aromatic carbocycles. The van der Waals surface area contributed by atoms with Gasteiger partial charge in [-0.05, 0) is 25.1 Å². The summed E-state index contributed by atoms with van der Waals surface area (Å²) < 4.78 is 19.1. The van der Waals surface area contributed by atoms with Gasteiger partial charge in [-0.15, -0.1) is 0 Å². The van der Waals surface area contributed by atoms with Gasteiger partial charge in [0.15, 0.2) is 8.32 Å². The van der Waals surface area contributed by atoms with E-state index in [1.807, 2.05) is 6.55 Å². The molecule has 17 heavy (non-hydrogen) atoms. The maximum atomic E-state index is 13.5. The second-order valence-electron chi connectivity index (χ2n) is 4.49. The first-order chi connectivity index (χ1) is 7.80. The first-order valence-electron chi connectivity index (χ1n) is 5.42. The van der Waals surface area contributed by atoms with Crippen molar-refractivity contribution in [3.63, 3.8) is 0 Å². The van der Waals surface area contributed by atoms with Crippen LogP contribution in [-0.2, 0) is 4.43 Å². The van der Waals surface area contributed by atoms with Crippen LogP contribution in [0.15, 0.2) is 0 Å². The lowest BCUT2D eigenvalue weighted by Gasteiger charge is -2.31. The summed E-state index contributed by atoms with van der Waals surface area (Å²) >= 11 is 0. The van der Waals surface area contributed by atoms with Gasteiger partial charge in [0, 0.05) is 6.61 Å². The normalized spacial score (nSPS) is 25.5. The summed E-state index contributed by atoms with van der Waals surface area (Å²) in [6.45, 7) is 2.41. The van der Waals surface area contributed by atoms with E-state index >= 15 is 0 Å². The fraction of sp³-hybridized carbons (Fsp3) is 1.00. The quantitative estimate of drug-likeness (QED) is 0.249. The molecule has 0 aromatic heterocycles. The van der Waals surface area contributed by atoms with Crippen molar-refractivity contribution in [2.45, 2.75) is 43.8 Å². The summed E-state index contributed by atoms with van der Waals surface area (Å²) in [5.41, 5.74) is 0. The fourth-order valence-corrected chi connectivity index (χ4v) is 4.88. The minimum absolute atomic E-state index is 0.103. The molecule has 0 amide bonds. The molecule has 0 bridgehead atoms. The first-order valence-corrected chi connectivity index (χ1v) is 8.24. The van der Waals surface area contributed by atoms with E-state index in [1.54, 1.807) is 0 Å². The largest absolute Gasteiger partial charge is 0.613 e. The van der Waals surface area contributed by atoms with Crippen LogP contribution in [0.25, 0.3) is 0 Å². The number of hydrogen-bond acceptors (Lipinski definition) is 5. The highest BCUT2D eigenvalue weighted by Gasteiger charge is 2.58. The lowest BCUT2D eigenvalue weighted by atomic mass is 10.3. The molecule has 0 aromatic rings. The van der Waals surface area contributed by atoms with E-state index in [9.17, 15) is 24.6 Å². The summed E-state index contributed by atoms with van der Waals surface area (Å²) in [6.07, 6.45) is 1.16. The summed E-state index contributed by atoms with van der Waals surface area (Å²) in [4.78, 5) is 17.9. The van der Waals surface area contributed by atoms with Gasteiger partial charge in [-0.1, -0.05) is 10.8 Å². The van der Waals surface area contributed by atoms with Crippen molar-refractivity contribution >= 4 is 8.32 Å². The zero-order valence-electron chi connectivity index (χ0n) is 9.56. The van der Waals surface area contributed by atoms with Crippen LogP contribution in [0.4, 0.5) is 4.39 Å². The van der Waals surface area contributed by atoms with E-state index in [0.29, 0.717) is 6.61 Å². The van der Waals surface area contributed by atoms with E-state index in [0.717, 1.165) is 18.9 Å². The molecule has 1 aliphatic heterocycles. The SMILES string of the molecule is C[Si]1(CCC(F)([N+](=O)[O-])[N+](=O)[O-])CCCCO1. The summed E-state index contributed by atoms with van der Waals surface area (Å²) in [7, 11) is -2.19. The molecule has 0 saturated carbocycles. The molecular formula is C8H15FN2O5Si. The molecule has 1 heterocycles. The van der Waals surface area contributed by atoms with Gasteiger partial charge in [-0.3, -0.25) is 20.2 Å². The van der Waals surface area contributed by atoms with Crippen molar-refractivity contribution in [2.75, 3.05) is 6.61 Å². The average Bonchev–Trinajstić information content (AvgIpc) is 2.26. The van der Waals surface area contributed by atoms with Gasteiger partial charge < -0.3 is 4.43 Å². The third-order valence-electron chi connectivity index (χ3n) is 3.08. The molecule has 1 unspecified atom stereocenters. The smallest absolute Gasteiger partial charge is 0.417 e. The highest BCUT2D eigenvalue weighted by atomic mass is 28.4. The van der Waals surface area contributed by atoms with Gasteiger partial charge in [0.25, 0.3) is 0 Å². The first kappa shape index (κ1) is 14.0. The molecule has 0 aliphatic carbocycles. The maximum absolute atomic E-state index is 13.5. The minimum Gasteiger partial charge on any atom is -0.417 e. The Morgan fingerprint density at radius 1 is 1.35 bits per heavy atom. The van der Waals surface area contributed by atoms with E-state index in [-0.39, 0.29) is 6.04 Å². The predicted octanol–water partition coefficient (Wildman–Crippen LogP) is 1.94. The highest BCUT2D eigenvalue weighted by Crippen LogP contribution is 2.31. The second kappa shape index (κ2) is 5.04. The number of nitro groups is 2. The van der Waals surface area contributed by atoms with Gasteiger partial charge in [-0.25, -0.2) is 0 Å². The van der Waals surface area contributed by atoms with Crippen molar-refractivity contribution in [1.29, 1.82) is 0 Å². The molecule has 9 heteroatoms. The topological polar surface area (TPSA) is 95.5 Å². The van der Waals surface area contributed by atoms with E-state index < -0.39 is 30.5 Å². The third kappa shape index (κ3) is 3.19. The van der Waals surface area contributed by atoms with Gasteiger partial charge in [-0.2, -0.15) is 0 Å². The van der Waals surface area contributed by atoms with Crippen LogP contribution in [0.1, 0.15) is 19.3 Å². The molecule has 1 saturated heterocycles. The zero-order chi connectivity index (χ0) is 13.1. The van der Waals surface area contributed by atoms with Crippen LogP contribution >= 0.6 is 0 Å². The molecular weight excluding hydrogens is 251 g/mol. The molecule has 0 radical (unpaired) electrons. The van der Waals surface area contributed by atoms with Crippen molar-refractivity contribution in [3.05, 3.63) is 20.2 Å². The Morgan fingerprint density at radius 3 is 2.35 bits per heavy atom. The van der Waals surface area contributed by atoms with Crippen LogP contribution in [0.2, 0.25) is 18.6 Å². The van der Waals surface area contributed by atoms with Gasteiger partial charge >= 0.3 is 5.92 Å². The average molecular weight is 266 g/mol. The molecule has 1 atom stereocenters. The van der Waals surface area contributed by atoms with Crippen LogP contribution < -0.4 is 0 Å². The fourth-order valence-electron chi connectivity index (χ4n) is 1.86. The van der Waals surface area contributed by atoms with Gasteiger partial charge in [0.05, 0.1) is 0 Å². The molecule has 0 spiro atoms. The zero-order valence-corrected chi connectivity index (χ0v) is 10.6. The molecule has 98 valence electrons. The third-order valence-corrected chi connectivity index (χ3v) is 6.70. The van der Waals surface area contributed by atoms with Crippen molar-refractivity contribution in [2.24, 2.45) is 0 Å². The summed E-state index contributed by atoms with van der Waals surface area (Å²) in [5.74, 6) is -3.57. The van der Waals surface area contributed by atoms with Crippen molar-refractivity contribution in [3.8, 4) is 0 Å². The molecule has 1 aliphatic rings. The number of rotatable bonds is 5. The van der Waals surface area contributed by atoms with E-state index in [1.165, 1.54) is 0 Å². The Bertz CT molecular complexity index is 307. The highest BCUT2D eigenvalue weighted by molar-refractivity contribution is 6.72. The van der Waals surface area contributed by atoms with E-state index in [4.69, 9.17) is 4.43 Å². The molecule has 1 fully saturated rings. The number of halogens is 1. The monoisotopic (exact) mass is 266 g/mol. The number of nitrogens with zero attached hydrogens (tertiary/aromatic N) is 2. The Balaban J connectivity index is 2.63. The summed E-state index contributed by atoms with van der Waals surface area (Å²) in [5, 5.41) is 20.8. The Kier molecular flexibility index (Phi) is 4.15. The number of hydrogen-bond donors (Lipinski definition) is 0. The predicted molar refractivity (Wildman–Crippen MR) is 58.9 cm³/mol. The van der Waals surface area contributed by atoms with Gasteiger partial charge in [0.2, 0.25) is 0 Å². The van der Waals surface area contributed by atoms with Crippen LogP contribution in [0, 0.1) is 20.2 Å². The maximum Gasteiger partial charge on any atom is 0.613 e. The summed E-state index contributed by atoms with van der Waals surface area (Å²) in [6, 6.07) is 0.879. The Hall–Kier alpha value is -1.09. The Morgan fingerprint density at radius 2 is 1.94 bits per heavy atom. The van der Waals surface area contributed by atoms with Gasteiger partial charge in [0.1, 0.15) is 16.3 Å². The Labute approximate surface area is 98.4 Å². The van der Waals surface area contributed by atoms with E-state index in [2.05, 4.69) is 0 Å². The van der Waals surface area contributed by atoms with Crippen molar-refractivity contribution in [1.82, 2.24) is 0 Å². The van der Waals surface area contributed by atoms with Crippen LogP contribution in [0.3, 0.4) is 0 Å². The molecule has 7 nitrogen and oxygen atoms in total. The molecule has 0 N–H and O–H groups in total. The standard InChI is InChI=1S/C8H15FN2O5Si/c1-17(6-3-2-5-16-17)7-4-8(9,10(12)13)11(14)15/h2-7H2,1H3. The minimum atomic E-state index is -3.57. The van der Waals surface area contributed by atoms with Crippen LogP contribution in [-0.4, -0.2) is 30.7 Å². The van der Waals surface area contributed by atoms with Crippen molar-refractivity contribution < 1.29 is 18.7 Å². The van der Waals surface area contributed by atoms with Crippen LogP contribution in [0.5, 0.6) is 0 Å².